The van der Waals surface area contributed by atoms with Crippen LogP contribution in [0.15, 0.2) is 206 Å². The van der Waals surface area contributed by atoms with Gasteiger partial charge in [-0.3, -0.25) is 0 Å². The van der Waals surface area contributed by atoms with Crippen molar-refractivity contribution in [2.45, 2.75) is 6.18 Å². The molecule has 0 saturated carbocycles. The van der Waals surface area contributed by atoms with Gasteiger partial charge in [-0.25, -0.2) is 4.85 Å². The smallest absolute Gasteiger partial charge is 0.311 e. The first-order chi connectivity index (χ1) is 31.4. The highest BCUT2D eigenvalue weighted by atomic mass is 19.4. The topological polar surface area (TPSA) is 15.8 Å². The van der Waals surface area contributed by atoms with Crippen molar-refractivity contribution >= 4 is 84.7 Å². The second kappa shape index (κ2) is 14.4. The summed E-state index contributed by atoms with van der Waals surface area (Å²) >= 11 is 0. The summed E-state index contributed by atoms with van der Waals surface area (Å²) in [6, 6.07) is 69.2. The van der Waals surface area contributed by atoms with Crippen LogP contribution in [-0.4, -0.2) is 11.3 Å². The minimum absolute atomic E-state index is 0.0000630. The summed E-state index contributed by atoms with van der Waals surface area (Å²) in [5, 5.41) is 2.06. The van der Waals surface area contributed by atoms with E-state index in [1.54, 1.807) is 0 Å². The van der Waals surface area contributed by atoms with Crippen LogP contribution < -0.4 is 26.2 Å². The fourth-order valence-corrected chi connectivity index (χ4v) is 10.1. The van der Waals surface area contributed by atoms with E-state index in [1.807, 2.05) is 36.4 Å². The summed E-state index contributed by atoms with van der Waals surface area (Å²) in [5.41, 5.74) is 15.4. The van der Waals surface area contributed by atoms with Gasteiger partial charge < -0.3 is 14.4 Å². The molecule has 0 radical (unpaired) electrons. The second-order valence-electron chi connectivity index (χ2n) is 16.3. The minimum atomic E-state index is -4.56. The number of rotatable bonds is 5. The molecule has 9 aromatic carbocycles. The Morgan fingerprint density at radius 2 is 0.984 bits per heavy atom. The number of halogens is 3. The van der Waals surface area contributed by atoms with Crippen molar-refractivity contribution in [2.75, 3.05) is 9.80 Å². The highest BCUT2D eigenvalue weighted by Gasteiger charge is 2.43. The van der Waals surface area contributed by atoms with Crippen molar-refractivity contribution < 1.29 is 13.2 Å². The normalized spacial score (nSPS) is 12.8. The standard InChI is InChI=1S/C56H34BF3N4/c1-61-47-35-38(56(58,59)60)29-30-41(47)42-20-8-12-24-48(42)64-49-25-13-9-21-43(49)44-32-36(28-31-50(44)64)37-33-53-55-54(34-37)63(40-18-6-3-7-19-40)52-27-15-11-23-46(52)57(55)45-22-10-14-26-51(45)62(53)39-16-4-2-5-17-39/h2-35H. The van der Waals surface area contributed by atoms with Crippen LogP contribution in [0.2, 0.25) is 0 Å². The molecule has 302 valence electrons. The molecule has 64 heavy (non-hydrogen) atoms. The van der Waals surface area contributed by atoms with Crippen molar-refractivity contribution in [1.29, 1.82) is 0 Å². The molecular formula is C56H34BF3N4. The number of benzene rings is 9. The Kier molecular flexibility index (Phi) is 8.44. The maximum atomic E-state index is 13.8. The largest absolute Gasteiger partial charge is 0.415 e. The van der Waals surface area contributed by atoms with E-state index < -0.39 is 11.7 Å². The van der Waals surface area contributed by atoms with Crippen molar-refractivity contribution in [3.63, 3.8) is 0 Å². The Labute approximate surface area is 368 Å². The third-order valence-corrected chi connectivity index (χ3v) is 12.8. The second-order valence-corrected chi connectivity index (χ2v) is 16.3. The van der Waals surface area contributed by atoms with Gasteiger partial charge in [-0.15, -0.1) is 0 Å². The molecule has 0 aliphatic carbocycles. The summed E-state index contributed by atoms with van der Waals surface area (Å²) in [4.78, 5) is 8.39. The average molecular weight is 831 g/mol. The zero-order valence-electron chi connectivity index (χ0n) is 34.1. The van der Waals surface area contributed by atoms with Gasteiger partial charge in [0.25, 0.3) is 6.71 Å². The van der Waals surface area contributed by atoms with Crippen molar-refractivity contribution in [3.05, 3.63) is 223 Å². The van der Waals surface area contributed by atoms with Crippen molar-refractivity contribution in [1.82, 2.24) is 4.57 Å². The number of hydrogen-bond donors (Lipinski definition) is 0. The van der Waals surface area contributed by atoms with Crippen LogP contribution >= 0.6 is 0 Å². The minimum Gasteiger partial charge on any atom is -0.311 e. The molecule has 0 atom stereocenters. The highest BCUT2D eigenvalue weighted by Crippen LogP contribution is 2.47. The predicted molar refractivity (Wildman–Crippen MR) is 257 cm³/mol. The Morgan fingerprint density at radius 3 is 1.61 bits per heavy atom. The molecule has 4 nitrogen and oxygen atoms in total. The maximum absolute atomic E-state index is 13.8. The van der Waals surface area contributed by atoms with Crippen LogP contribution in [0, 0.1) is 6.57 Å². The van der Waals surface area contributed by atoms with E-state index >= 15 is 0 Å². The molecule has 2 aliphatic heterocycles. The summed E-state index contributed by atoms with van der Waals surface area (Å²) in [6.07, 6.45) is -4.56. The van der Waals surface area contributed by atoms with Crippen LogP contribution in [0.5, 0.6) is 0 Å². The molecule has 3 heterocycles. The lowest BCUT2D eigenvalue weighted by Gasteiger charge is -2.44. The molecule has 8 heteroatoms. The molecule has 0 amide bonds. The Balaban J connectivity index is 1.10. The Morgan fingerprint density at radius 1 is 0.438 bits per heavy atom. The molecule has 10 aromatic rings. The van der Waals surface area contributed by atoms with Gasteiger partial charge in [0, 0.05) is 50.5 Å². The van der Waals surface area contributed by atoms with Crippen LogP contribution in [-0.2, 0) is 6.18 Å². The van der Waals surface area contributed by atoms with Crippen LogP contribution in [0.1, 0.15) is 5.56 Å². The quantitative estimate of drug-likeness (QED) is 0.127. The first-order valence-electron chi connectivity index (χ1n) is 21.2. The van der Waals surface area contributed by atoms with Gasteiger partial charge in [0.1, 0.15) is 0 Å². The van der Waals surface area contributed by atoms with Crippen molar-refractivity contribution in [3.8, 4) is 27.9 Å². The lowest BCUT2D eigenvalue weighted by molar-refractivity contribution is -0.137. The van der Waals surface area contributed by atoms with E-state index in [4.69, 9.17) is 6.57 Å². The van der Waals surface area contributed by atoms with Crippen molar-refractivity contribution in [2.24, 2.45) is 0 Å². The van der Waals surface area contributed by atoms with E-state index in [0.29, 0.717) is 11.1 Å². The number of fused-ring (bicyclic) bond motifs is 7. The van der Waals surface area contributed by atoms with Crippen LogP contribution in [0.3, 0.4) is 0 Å². The van der Waals surface area contributed by atoms with E-state index in [9.17, 15) is 13.2 Å². The molecule has 0 N–H and O–H groups in total. The molecule has 0 saturated heterocycles. The van der Waals surface area contributed by atoms with Gasteiger partial charge in [-0.05, 0) is 118 Å². The van der Waals surface area contributed by atoms with Gasteiger partial charge in [-0.1, -0.05) is 127 Å². The summed E-state index contributed by atoms with van der Waals surface area (Å²) in [7, 11) is 0. The molecule has 0 unspecified atom stereocenters. The van der Waals surface area contributed by atoms with Gasteiger partial charge in [0.2, 0.25) is 0 Å². The number of nitrogens with zero attached hydrogens (tertiary/aromatic N) is 4. The number of alkyl halides is 3. The SMILES string of the molecule is [C-]#[N+]c1cc(C(F)(F)F)ccc1-c1ccccc1-n1c2ccccc2c2cc(-c3cc4c5c(c3)N(c3ccccc3)c3ccccc3B5c3ccccc3N4c3ccccc3)ccc21. The van der Waals surface area contributed by atoms with E-state index in [-0.39, 0.29) is 12.4 Å². The number of aromatic nitrogens is 1. The van der Waals surface area contributed by atoms with E-state index in [1.165, 1.54) is 22.5 Å². The lowest BCUT2D eigenvalue weighted by Crippen LogP contribution is -2.61. The molecule has 0 fully saturated rings. The monoisotopic (exact) mass is 830 g/mol. The zero-order chi connectivity index (χ0) is 43.1. The fourth-order valence-electron chi connectivity index (χ4n) is 10.1. The first-order valence-corrected chi connectivity index (χ1v) is 21.2. The molecular weight excluding hydrogens is 796 g/mol. The fraction of sp³-hybridized carbons (Fsp3) is 0.0179. The number of anilines is 6. The highest BCUT2D eigenvalue weighted by molar-refractivity contribution is 7.00. The lowest BCUT2D eigenvalue weighted by atomic mass is 9.33. The Bertz CT molecular complexity index is 3430. The van der Waals surface area contributed by atoms with Crippen LogP contribution in [0.25, 0.3) is 54.6 Å². The predicted octanol–water partition coefficient (Wildman–Crippen LogP) is 13.8. The molecule has 0 spiro atoms. The summed E-state index contributed by atoms with van der Waals surface area (Å²) in [6.45, 7) is 7.89. The molecule has 0 bridgehead atoms. The zero-order valence-corrected chi connectivity index (χ0v) is 34.1. The summed E-state index contributed by atoms with van der Waals surface area (Å²) < 4.78 is 43.5. The first kappa shape index (κ1) is 37.5. The van der Waals surface area contributed by atoms with Crippen LogP contribution in [0.4, 0.5) is 53.0 Å². The van der Waals surface area contributed by atoms with E-state index in [0.717, 1.165) is 84.9 Å². The maximum Gasteiger partial charge on any atom is 0.415 e. The third kappa shape index (κ3) is 5.71. The summed E-state index contributed by atoms with van der Waals surface area (Å²) in [5.74, 6) is 0. The van der Waals surface area contributed by atoms with Gasteiger partial charge in [-0.2, -0.15) is 13.2 Å². The molecule has 12 rings (SSSR count). The third-order valence-electron chi connectivity index (χ3n) is 12.8. The molecule has 1 aromatic heterocycles. The van der Waals surface area contributed by atoms with Gasteiger partial charge in [0.15, 0.2) is 5.69 Å². The number of hydrogen-bond acceptors (Lipinski definition) is 2. The average Bonchev–Trinajstić information content (AvgIpc) is 3.67. The molecule has 2 aliphatic rings. The van der Waals surface area contributed by atoms with E-state index in [2.05, 4.69) is 171 Å². The Hall–Kier alpha value is -8.28. The number of para-hydroxylation sites is 6. The van der Waals surface area contributed by atoms with Gasteiger partial charge in [0.05, 0.1) is 23.3 Å². The van der Waals surface area contributed by atoms with Gasteiger partial charge >= 0.3 is 6.18 Å².